The van der Waals surface area contributed by atoms with Gasteiger partial charge in [-0.15, -0.1) is 0 Å². The van der Waals surface area contributed by atoms with Crippen molar-refractivity contribution in [3.63, 3.8) is 0 Å². The van der Waals surface area contributed by atoms with Crippen LogP contribution in [-0.4, -0.2) is 17.6 Å². The number of hydrogen-bond acceptors (Lipinski definition) is 5. The molecule has 1 N–H and O–H groups in total. The summed E-state index contributed by atoms with van der Waals surface area (Å²) in [6, 6.07) is 17.2. The number of aryl methyl sites for hydroxylation is 1. The summed E-state index contributed by atoms with van der Waals surface area (Å²) in [5.74, 6) is -1.27. The van der Waals surface area contributed by atoms with Crippen LogP contribution in [0.25, 0.3) is 11.1 Å². The second kappa shape index (κ2) is 9.85. The molecular formula is C23H19KN2O4. The number of hydrazone groups is 1. The Kier molecular flexibility index (Phi) is 7.43. The molecule has 2 aromatic carbocycles. The van der Waals surface area contributed by atoms with Crippen LogP contribution in [0.3, 0.4) is 0 Å². The van der Waals surface area contributed by atoms with E-state index in [2.05, 4.69) is 10.5 Å². The number of carboxylic acids is 1. The van der Waals surface area contributed by atoms with Gasteiger partial charge in [0.15, 0.2) is 5.76 Å². The third-order valence-corrected chi connectivity index (χ3v) is 5.06. The van der Waals surface area contributed by atoms with Gasteiger partial charge in [-0.3, -0.25) is 4.79 Å². The zero-order valence-electron chi connectivity index (χ0n) is 16.9. The van der Waals surface area contributed by atoms with Gasteiger partial charge >= 0.3 is 51.4 Å². The average Bonchev–Trinajstić information content (AvgIpc) is 3.10. The van der Waals surface area contributed by atoms with Gasteiger partial charge in [-0.1, -0.05) is 42.5 Å². The van der Waals surface area contributed by atoms with Crippen LogP contribution in [-0.2, 0) is 6.42 Å². The minimum atomic E-state index is -1.35. The van der Waals surface area contributed by atoms with Crippen molar-refractivity contribution in [1.29, 1.82) is 0 Å². The fourth-order valence-corrected chi connectivity index (χ4v) is 3.60. The largest absolute Gasteiger partial charge is 1.00 e. The summed E-state index contributed by atoms with van der Waals surface area (Å²) in [6.45, 7) is 1.67. The van der Waals surface area contributed by atoms with E-state index in [0.717, 1.165) is 17.5 Å². The number of aromatic carboxylic acids is 1. The monoisotopic (exact) mass is 426 g/mol. The first-order chi connectivity index (χ1) is 14.0. The van der Waals surface area contributed by atoms with Gasteiger partial charge in [0.05, 0.1) is 5.71 Å². The molecular weight excluding hydrogens is 407 g/mol. The number of carbonyl (C=O) groups excluding carboxylic acids is 2. The maximum atomic E-state index is 12.5. The van der Waals surface area contributed by atoms with Gasteiger partial charge in [0, 0.05) is 23.1 Å². The van der Waals surface area contributed by atoms with E-state index in [9.17, 15) is 14.7 Å². The van der Waals surface area contributed by atoms with Crippen molar-refractivity contribution in [2.75, 3.05) is 0 Å². The second-order valence-corrected chi connectivity index (χ2v) is 6.94. The molecule has 1 aliphatic carbocycles. The summed E-state index contributed by atoms with van der Waals surface area (Å²) >= 11 is 0. The van der Waals surface area contributed by atoms with Crippen LogP contribution in [0, 0.1) is 6.92 Å². The third-order valence-electron chi connectivity index (χ3n) is 5.06. The molecule has 4 rings (SSSR count). The minimum Gasteiger partial charge on any atom is -0.542 e. The number of carbonyl (C=O) groups is 2. The Morgan fingerprint density at radius 3 is 2.33 bits per heavy atom. The first-order valence-corrected chi connectivity index (χ1v) is 9.41. The number of amides is 1. The molecule has 0 saturated carbocycles. The van der Waals surface area contributed by atoms with Crippen molar-refractivity contribution in [3.8, 4) is 11.1 Å². The molecule has 0 saturated heterocycles. The van der Waals surface area contributed by atoms with Crippen LogP contribution in [0.4, 0.5) is 0 Å². The maximum Gasteiger partial charge on any atom is 1.00 e. The predicted octanol–water partition coefficient (Wildman–Crippen LogP) is 0.0929. The Balaban J connectivity index is 0.00000256. The van der Waals surface area contributed by atoms with E-state index < -0.39 is 5.97 Å². The normalized spacial score (nSPS) is 14.0. The molecule has 0 atom stereocenters. The van der Waals surface area contributed by atoms with Crippen molar-refractivity contribution in [1.82, 2.24) is 5.43 Å². The number of nitrogens with one attached hydrogen (secondary N) is 1. The molecule has 146 valence electrons. The summed E-state index contributed by atoms with van der Waals surface area (Å²) in [7, 11) is 0. The van der Waals surface area contributed by atoms with Crippen LogP contribution in [0.15, 0.2) is 64.1 Å². The van der Waals surface area contributed by atoms with E-state index in [1.807, 2.05) is 42.5 Å². The molecule has 0 spiro atoms. The number of benzene rings is 2. The van der Waals surface area contributed by atoms with Crippen LogP contribution in [0.1, 0.15) is 50.6 Å². The molecule has 7 heteroatoms. The molecule has 0 fully saturated rings. The average molecular weight is 427 g/mol. The van der Waals surface area contributed by atoms with Crippen LogP contribution < -0.4 is 61.9 Å². The van der Waals surface area contributed by atoms with Gasteiger partial charge in [0.1, 0.15) is 11.7 Å². The molecule has 1 amide bonds. The Morgan fingerprint density at radius 2 is 1.67 bits per heavy atom. The van der Waals surface area contributed by atoms with Crippen molar-refractivity contribution in [2.45, 2.75) is 26.2 Å². The summed E-state index contributed by atoms with van der Waals surface area (Å²) in [5, 5.41) is 15.5. The van der Waals surface area contributed by atoms with Crippen molar-refractivity contribution >= 4 is 17.6 Å². The standard InChI is InChI=1S/C23H20N2O4.K/c1-14-20-18(8-5-9-19(20)29-21(14)23(27)28)24-25-22(26)17-12-10-16(11-13-17)15-6-3-2-4-7-15;/h2-4,6-7,10-13H,5,8-9H2,1H3,(H,25,26)(H,27,28);/q;+1/p-1/b24-18+;. The van der Waals surface area contributed by atoms with E-state index in [4.69, 9.17) is 4.42 Å². The van der Waals surface area contributed by atoms with Crippen LogP contribution >= 0.6 is 0 Å². The molecule has 1 aliphatic rings. The van der Waals surface area contributed by atoms with E-state index in [-0.39, 0.29) is 63.1 Å². The Labute approximate surface area is 216 Å². The molecule has 6 nitrogen and oxygen atoms in total. The van der Waals surface area contributed by atoms with Crippen LogP contribution in [0.2, 0.25) is 0 Å². The molecule has 0 radical (unpaired) electrons. The van der Waals surface area contributed by atoms with E-state index in [1.54, 1.807) is 19.1 Å². The van der Waals surface area contributed by atoms with Gasteiger partial charge < -0.3 is 14.3 Å². The summed E-state index contributed by atoms with van der Waals surface area (Å²) < 4.78 is 5.42. The van der Waals surface area contributed by atoms with E-state index in [1.165, 1.54) is 0 Å². The molecule has 30 heavy (non-hydrogen) atoms. The van der Waals surface area contributed by atoms with Gasteiger partial charge in [-0.05, 0) is 43.0 Å². The topological polar surface area (TPSA) is 94.7 Å². The van der Waals surface area contributed by atoms with Gasteiger partial charge in [-0.25, -0.2) is 5.43 Å². The smallest absolute Gasteiger partial charge is 0.542 e. The zero-order valence-corrected chi connectivity index (χ0v) is 20.0. The van der Waals surface area contributed by atoms with Crippen LogP contribution in [0.5, 0.6) is 0 Å². The number of hydrogen-bond donors (Lipinski definition) is 1. The van der Waals surface area contributed by atoms with E-state index >= 15 is 0 Å². The van der Waals surface area contributed by atoms with Crippen molar-refractivity contribution < 1.29 is 70.5 Å². The maximum absolute atomic E-state index is 12.5. The summed E-state index contributed by atoms with van der Waals surface area (Å²) in [6.07, 6.45) is 2.04. The molecule has 1 aromatic heterocycles. The molecule has 0 unspecified atom stereocenters. The number of rotatable bonds is 4. The number of furan rings is 1. The Morgan fingerprint density at radius 1 is 1.00 bits per heavy atom. The SMILES string of the molecule is Cc1c(C(=O)[O-])oc2c1/C(=N/NC(=O)c1ccc(-c3ccccc3)cc1)CCC2.[K+]. The van der Waals surface area contributed by atoms with Gasteiger partial charge in [-0.2, -0.15) is 5.10 Å². The Bertz CT molecular complexity index is 1100. The van der Waals surface area contributed by atoms with Gasteiger partial charge in [0.25, 0.3) is 5.91 Å². The quantitative estimate of drug-likeness (QED) is 0.473. The first-order valence-electron chi connectivity index (χ1n) is 9.41. The number of fused-ring (bicyclic) bond motifs is 1. The zero-order chi connectivity index (χ0) is 20.4. The fourth-order valence-electron chi connectivity index (χ4n) is 3.60. The molecule has 1 heterocycles. The van der Waals surface area contributed by atoms with Crippen molar-refractivity contribution in [2.24, 2.45) is 5.10 Å². The second-order valence-electron chi connectivity index (χ2n) is 6.94. The number of nitrogens with zero attached hydrogens (tertiary/aromatic N) is 1. The summed E-state index contributed by atoms with van der Waals surface area (Å²) in [4.78, 5) is 23.7. The van der Waals surface area contributed by atoms with E-state index in [0.29, 0.717) is 41.0 Å². The molecule has 0 aliphatic heterocycles. The fraction of sp³-hybridized carbons (Fsp3) is 0.174. The summed E-state index contributed by atoms with van der Waals surface area (Å²) in [5.41, 5.74) is 6.94. The van der Waals surface area contributed by atoms with Crippen molar-refractivity contribution in [3.05, 3.63) is 82.8 Å². The number of carboxylic acid groups (broad SMARTS) is 1. The van der Waals surface area contributed by atoms with Gasteiger partial charge in [0.2, 0.25) is 0 Å². The Hall–Kier alpha value is -2.03. The molecule has 0 bridgehead atoms. The first kappa shape index (κ1) is 22.6. The molecule has 3 aromatic rings. The predicted molar refractivity (Wildman–Crippen MR) is 107 cm³/mol. The third kappa shape index (κ3) is 4.65. The minimum absolute atomic E-state index is 0.